The third-order valence-electron chi connectivity index (χ3n) is 4.39. The zero-order valence-electron chi connectivity index (χ0n) is 14.2. The Morgan fingerprint density at radius 1 is 1.15 bits per heavy atom. The number of rotatable bonds is 4. The highest BCUT2D eigenvalue weighted by Gasteiger charge is 2.33. The summed E-state index contributed by atoms with van der Waals surface area (Å²) in [5.74, 6) is -0.728. The maximum atomic E-state index is 12.9. The molecule has 1 atom stereocenters. The van der Waals surface area contributed by atoms with E-state index in [1.807, 2.05) is 0 Å². The first-order valence-corrected chi connectivity index (χ1v) is 11.3. The summed E-state index contributed by atoms with van der Waals surface area (Å²) < 4.78 is 27.9. The smallest absolute Gasteiger partial charge is 0.243 e. The number of amides is 1. The molecule has 0 spiro atoms. The third kappa shape index (κ3) is 4.84. The van der Waals surface area contributed by atoms with Crippen molar-refractivity contribution in [3.05, 3.63) is 57.0 Å². The summed E-state index contributed by atoms with van der Waals surface area (Å²) in [6.45, 7) is 0.516. The minimum atomic E-state index is -3.65. The lowest BCUT2D eigenvalue weighted by atomic mass is 9.99. The predicted octanol–water partition coefficient (Wildman–Crippen LogP) is 4.80. The lowest BCUT2D eigenvalue weighted by Crippen LogP contribution is -2.43. The van der Waals surface area contributed by atoms with Crippen molar-refractivity contribution in [2.24, 2.45) is 5.92 Å². The molecule has 1 heterocycles. The quantitative estimate of drug-likeness (QED) is 0.668. The van der Waals surface area contributed by atoms with Crippen LogP contribution in [0.4, 0.5) is 5.69 Å². The van der Waals surface area contributed by atoms with E-state index < -0.39 is 15.9 Å². The second-order valence-electron chi connectivity index (χ2n) is 6.27. The van der Waals surface area contributed by atoms with Gasteiger partial charge >= 0.3 is 0 Å². The number of benzene rings is 2. The Morgan fingerprint density at radius 2 is 1.85 bits per heavy atom. The minimum absolute atomic E-state index is 0.127. The minimum Gasteiger partial charge on any atom is -0.324 e. The Labute approximate surface area is 176 Å². The van der Waals surface area contributed by atoms with Crippen molar-refractivity contribution in [2.75, 3.05) is 18.4 Å². The highest BCUT2D eigenvalue weighted by atomic mass is 79.9. The number of carbonyl (C=O) groups excluding carboxylic acids is 1. The number of halogens is 3. The molecule has 0 aliphatic carbocycles. The van der Waals surface area contributed by atoms with Crippen molar-refractivity contribution in [3.63, 3.8) is 0 Å². The predicted molar refractivity (Wildman–Crippen MR) is 111 cm³/mol. The molecule has 1 aliphatic heterocycles. The Balaban J connectivity index is 1.74. The van der Waals surface area contributed by atoms with Crippen molar-refractivity contribution < 1.29 is 13.2 Å². The van der Waals surface area contributed by atoms with Gasteiger partial charge in [0.05, 0.1) is 21.5 Å². The molecule has 1 N–H and O–H groups in total. The van der Waals surface area contributed by atoms with Crippen LogP contribution >= 0.6 is 39.1 Å². The van der Waals surface area contributed by atoms with Crippen LogP contribution in [0.25, 0.3) is 0 Å². The van der Waals surface area contributed by atoms with Crippen molar-refractivity contribution in [2.45, 2.75) is 17.7 Å². The average molecular weight is 492 g/mol. The lowest BCUT2D eigenvalue weighted by molar-refractivity contribution is -0.120. The van der Waals surface area contributed by atoms with Gasteiger partial charge < -0.3 is 5.32 Å². The fourth-order valence-electron chi connectivity index (χ4n) is 2.96. The number of nitrogens with one attached hydrogen (secondary N) is 1. The maximum Gasteiger partial charge on any atom is 0.243 e. The van der Waals surface area contributed by atoms with E-state index in [1.165, 1.54) is 4.31 Å². The molecular weight excluding hydrogens is 475 g/mol. The Morgan fingerprint density at radius 3 is 2.56 bits per heavy atom. The molecule has 1 fully saturated rings. The summed E-state index contributed by atoms with van der Waals surface area (Å²) in [5, 5.41) is 3.59. The fourth-order valence-corrected chi connectivity index (χ4v) is 5.08. The van der Waals surface area contributed by atoms with Gasteiger partial charge in [0.2, 0.25) is 15.9 Å². The van der Waals surface area contributed by atoms with E-state index in [2.05, 4.69) is 21.2 Å². The Bertz CT molecular complexity index is 952. The van der Waals surface area contributed by atoms with Crippen LogP contribution < -0.4 is 5.32 Å². The number of hydrogen-bond donors (Lipinski definition) is 1. The van der Waals surface area contributed by atoms with Crippen molar-refractivity contribution in [3.8, 4) is 0 Å². The highest BCUT2D eigenvalue weighted by molar-refractivity contribution is 9.10. The molecule has 0 radical (unpaired) electrons. The first-order chi connectivity index (χ1) is 12.8. The maximum absolute atomic E-state index is 12.9. The third-order valence-corrected chi connectivity index (χ3v) is 7.37. The molecule has 1 unspecified atom stereocenters. The second-order valence-corrected chi connectivity index (χ2v) is 9.97. The van der Waals surface area contributed by atoms with Gasteiger partial charge in [-0.15, -0.1) is 0 Å². The van der Waals surface area contributed by atoms with Crippen LogP contribution in [0.5, 0.6) is 0 Å². The van der Waals surface area contributed by atoms with E-state index in [1.54, 1.807) is 42.5 Å². The molecule has 5 nitrogen and oxygen atoms in total. The van der Waals surface area contributed by atoms with Crippen LogP contribution in [-0.4, -0.2) is 31.7 Å². The van der Waals surface area contributed by atoms with E-state index in [-0.39, 0.29) is 17.3 Å². The molecule has 2 aromatic carbocycles. The van der Waals surface area contributed by atoms with Crippen LogP contribution in [-0.2, 0) is 14.8 Å². The fraction of sp³-hybridized carbons (Fsp3) is 0.278. The van der Waals surface area contributed by atoms with E-state index in [0.29, 0.717) is 35.1 Å². The van der Waals surface area contributed by atoms with Crippen LogP contribution in [0, 0.1) is 5.92 Å². The molecular formula is C18H17BrCl2N2O3S. The van der Waals surface area contributed by atoms with Crippen molar-refractivity contribution >= 4 is 60.7 Å². The summed E-state index contributed by atoms with van der Waals surface area (Å²) >= 11 is 15.3. The van der Waals surface area contributed by atoms with Crippen molar-refractivity contribution in [1.29, 1.82) is 0 Å². The molecule has 9 heteroatoms. The van der Waals surface area contributed by atoms with Crippen LogP contribution in [0.15, 0.2) is 51.8 Å². The summed E-state index contributed by atoms with van der Waals surface area (Å²) in [4.78, 5) is 12.9. The van der Waals surface area contributed by atoms with Crippen LogP contribution in [0.2, 0.25) is 10.0 Å². The molecule has 0 saturated carbocycles. The van der Waals surface area contributed by atoms with Gasteiger partial charge in [-0.3, -0.25) is 4.79 Å². The molecule has 2 aromatic rings. The molecule has 1 aliphatic rings. The number of carbonyl (C=O) groups is 1. The summed E-state index contributed by atoms with van der Waals surface area (Å²) in [7, 11) is -3.65. The second kappa shape index (κ2) is 8.49. The molecule has 144 valence electrons. The molecule has 0 aromatic heterocycles. The standard InChI is InChI=1S/C18H17BrCl2N2O3S/c19-13-3-6-15(7-4-13)27(25,26)23-9-1-2-12(11-23)18(24)22-17-10-14(20)5-8-16(17)21/h3-8,10,12H,1-2,9,11H2,(H,22,24). The van der Waals surface area contributed by atoms with Crippen molar-refractivity contribution in [1.82, 2.24) is 4.31 Å². The topological polar surface area (TPSA) is 66.5 Å². The monoisotopic (exact) mass is 490 g/mol. The van der Waals surface area contributed by atoms with Gasteiger partial charge in [-0.2, -0.15) is 4.31 Å². The lowest BCUT2D eigenvalue weighted by Gasteiger charge is -2.31. The van der Waals surface area contributed by atoms with Gasteiger partial charge in [-0.1, -0.05) is 39.1 Å². The first kappa shape index (κ1) is 20.6. The summed E-state index contributed by atoms with van der Waals surface area (Å²) in [6.07, 6.45) is 1.22. The zero-order valence-corrected chi connectivity index (χ0v) is 18.1. The van der Waals surface area contributed by atoms with Gasteiger partial charge in [0, 0.05) is 22.6 Å². The normalized spacial score (nSPS) is 18.3. The van der Waals surface area contributed by atoms with Crippen LogP contribution in [0.3, 0.4) is 0 Å². The average Bonchev–Trinajstić information content (AvgIpc) is 2.65. The van der Waals surface area contributed by atoms with Gasteiger partial charge in [0.15, 0.2) is 0 Å². The molecule has 27 heavy (non-hydrogen) atoms. The highest BCUT2D eigenvalue weighted by Crippen LogP contribution is 2.28. The largest absolute Gasteiger partial charge is 0.324 e. The van der Waals surface area contributed by atoms with Gasteiger partial charge in [0.1, 0.15) is 0 Å². The Hall–Kier alpha value is -1.12. The van der Waals surface area contributed by atoms with Gasteiger partial charge in [-0.25, -0.2) is 8.42 Å². The molecule has 1 amide bonds. The van der Waals surface area contributed by atoms with E-state index in [4.69, 9.17) is 23.2 Å². The first-order valence-electron chi connectivity index (χ1n) is 8.29. The van der Waals surface area contributed by atoms with E-state index in [9.17, 15) is 13.2 Å². The molecule has 1 saturated heterocycles. The summed E-state index contributed by atoms with van der Waals surface area (Å²) in [6, 6.07) is 11.3. The Kier molecular flexibility index (Phi) is 6.48. The molecule has 0 bridgehead atoms. The SMILES string of the molecule is O=C(Nc1cc(Cl)ccc1Cl)C1CCCN(S(=O)(=O)c2ccc(Br)cc2)C1. The zero-order chi connectivity index (χ0) is 19.6. The van der Waals surface area contributed by atoms with E-state index >= 15 is 0 Å². The number of sulfonamides is 1. The van der Waals surface area contributed by atoms with E-state index in [0.717, 1.165) is 4.47 Å². The number of nitrogens with zero attached hydrogens (tertiary/aromatic N) is 1. The van der Waals surface area contributed by atoms with Gasteiger partial charge in [0.25, 0.3) is 0 Å². The number of anilines is 1. The van der Waals surface area contributed by atoms with Gasteiger partial charge in [-0.05, 0) is 55.3 Å². The van der Waals surface area contributed by atoms with Crippen LogP contribution in [0.1, 0.15) is 12.8 Å². The number of hydrogen-bond acceptors (Lipinski definition) is 3. The molecule has 3 rings (SSSR count). The number of piperidine rings is 1. The summed E-state index contributed by atoms with van der Waals surface area (Å²) in [5.41, 5.74) is 0.419.